The van der Waals surface area contributed by atoms with Crippen molar-refractivity contribution in [2.24, 2.45) is 0 Å². The number of nitrogens with zero attached hydrogens (tertiary/aromatic N) is 1. The summed E-state index contributed by atoms with van der Waals surface area (Å²) < 4.78 is 5.31. The Bertz CT molecular complexity index is 912. The molecule has 5 heteroatoms. The van der Waals surface area contributed by atoms with E-state index in [1.165, 1.54) is 10.9 Å². The van der Waals surface area contributed by atoms with Gasteiger partial charge in [0.25, 0.3) is 0 Å². The second kappa shape index (κ2) is 7.03. The fourth-order valence-corrected chi connectivity index (χ4v) is 3.52. The lowest BCUT2D eigenvalue weighted by Crippen LogP contribution is -2.23. The van der Waals surface area contributed by atoms with Crippen molar-refractivity contribution in [3.05, 3.63) is 74.8 Å². The molecule has 2 aromatic heterocycles. The van der Waals surface area contributed by atoms with E-state index in [-0.39, 0.29) is 5.75 Å². The molecule has 0 unspecified atom stereocenters. The number of benzene rings is 1. The van der Waals surface area contributed by atoms with Crippen molar-refractivity contribution in [3.63, 3.8) is 0 Å². The number of phenols is 1. The summed E-state index contributed by atoms with van der Waals surface area (Å²) in [4.78, 5) is 15.4. The Kier molecular flexibility index (Phi) is 4.83. The zero-order valence-corrected chi connectivity index (χ0v) is 14.3. The summed E-state index contributed by atoms with van der Waals surface area (Å²) >= 11 is 1.71. The van der Waals surface area contributed by atoms with Crippen molar-refractivity contribution in [2.45, 2.75) is 20.0 Å². The van der Waals surface area contributed by atoms with Crippen LogP contribution in [0.3, 0.4) is 0 Å². The monoisotopic (exact) mass is 341 g/mol. The number of thiophene rings is 1. The Hall–Kier alpha value is -2.37. The number of rotatable bonds is 6. The van der Waals surface area contributed by atoms with E-state index < -0.39 is 5.63 Å². The maximum absolute atomic E-state index is 11.9. The smallest absolute Gasteiger partial charge is 0.336 e. The number of fused-ring (bicyclic) bond motifs is 1. The van der Waals surface area contributed by atoms with Crippen LogP contribution in [-0.4, -0.2) is 16.6 Å². The number of aryl methyl sites for hydroxylation is 1. The van der Waals surface area contributed by atoms with Gasteiger partial charge in [-0.1, -0.05) is 12.1 Å². The topological polar surface area (TPSA) is 53.7 Å². The van der Waals surface area contributed by atoms with Gasteiger partial charge in [0.05, 0.1) is 0 Å². The van der Waals surface area contributed by atoms with Crippen LogP contribution in [0.1, 0.15) is 16.0 Å². The third kappa shape index (κ3) is 3.42. The molecule has 1 aromatic carbocycles. The standard InChI is InChI=1S/C19H19NO3S/c1-3-8-20(12-15-5-4-9-24-15)11-14-10-18(22)23-19-13(2)17(21)7-6-16(14)19/h3-7,9-10,21H,1,8,11-12H2,2H3. The van der Waals surface area contributed by atoms with Crippen LogP contribution in [0.2, 0.25) is 0 Å². The molecule has 1 N–H and O–H groups in total. The molecule has 0 aliphatic carbocycles. The first-order chi connectivity index (χ1) is 11.6. The van der Waals surface area contributed by atoms with Crippen LogP contribution in [0.4, 0.5) is 0 Å². The van der Waals surface area contributed by atoms with Gasteiger partial charge < -0.3 is 9.52 Å². The Balaban J connectivity index is 1.99. The quantitative estimate of drug-likeness (QED) is 0.543. The number of phenolic OH excluding ortho intramolecular Hbond substituents is 1. The lowest BCUT2D eigenvalue weighted by Gasteiger charge is -2.21. The number of hydrogen-bond donors (Lipinski definition) is 1. The van der Waals surface area contributed by atoms with Crippen molar-refractivity contribution in [2.75, 3.05) is 6.54 Å². The molecule has 0 spiro atoms. The zero-order chi connectivity index (χ0) is 17.1. The summed E-state index contributed by atoms with van der Waals surface area (Å²) in [6.45, 7) is 7.69. The molecule has 3 rings (SSSR count). The molecular weight excluding hydrogens is 322 g/mol. The molecule has 0 fully saturated rings. The van der Waals surface area contributed by atoms with Gasteiger partial charge in [-0.15, -0.1) is 17.9 Å². The first-order valence-electron chi connectivity index (χ1n) is 7.69. The third-order valence-corrected chi connectivity index (χ3v) is 4.82. The van der Waals surface area contributed by atoms with Crippen LogP contribution >= 0.6 is 11.3 Å². The Morgan fingerprint density at radius 2 is 2.17 bits per heavy atom. The van der Waals surface area contributed by atoms with Crippen LogP contribution < -0.4 is 5.63 Å². The first kappa shape index (κ1) is 16.5. The summed E-state index contributed by atoms with van der Waals surface area (Å²) in [7, 11) is 0. The predicted octanol–water partition coefficient (Wildman–Crippen LogP) is 4.06. The van der Waals surface area contributed by atoms with Crippen LogP contribution in [-0.2, 0) is 13.1 Å². The Labute approximate surface area is 144 Å². The molecule has 24 heavy (non-hydrogen) atoms. The van der Waals surface area contributed by atoms with Crippen molar-refractivity contribution in [3.8, 4) is 5.75 Å². The number of aromatic hydroxyl groups is 1. The van der Waals surface area contributed by atoms with Gasteiger partial charge in [0.15, 0.2) is 0 Å². The maximum Gasteiger partial charge on any atom is 0.336 e. The minimum absolute atomic E-state index is 0.129. The van der Waals surface area contributed by atoms with E-state index in [1.54, 1.807) is 30.4 Å². The highest BCUT2D eigenvalue weighted by molar-refractivity contribution is 7.09. The fourth-order valence-electron chi connectivity index (χ4n) is 2.78. The molecular formula is C19H19NO3S. The predicted molar refractivity (Wildman–Crippen MR) is 97.5 cm³/mol. The van der Waals surface area contributed by atoms with Gasteiger partial charge in [-0.3, -0.25) is 4.90 Å². The third-order valence-electron chi connectivity index (χ3n) is 3.96. The van der Waals surface area contributed by atoms with Crippen LogP contribution in [0.25, 0.3) is 11.0 Å². The molecule has 0 bridgehead atoms. The molecule has 4 nitrogen and oxygen atoms in total. The molecule has 0 radical (unpaired) electrons. The lowest BCUT2D eigenvalue weighted by atomic mass is 10.1. The average molecular weight is 341 g/mol. The minimum atomic E-state index is -0.402. The van der Waals surface area contributed by atoms with E-state index in [2.05, 4.69) is 22.9 Å². The number of hydrogen-bond acceptors (Lipinski definition) is 5. The highest BCUT2D eigenvalue weighted by atomic mass is 32.1. The molecule has 0 aliphatic rings. The second-order valence-electron chi connectivity index (χ2n) is 5.71. The largest absolute Gasteiger partial charge is 0.508 e. The molecule has 0 saturated carbocycles. The van der Waals surface area contributed by atoms with Crippen molar-refractivity contribution in [1.82, 2.24) is 4.90 Å². The van der Waals surface area contributed by atoms with Crippen LogP contribution in [0.5, 0.6) is 5.75 Å². The molecule has 0 amide bonds. The van der Waals surface area contributed by atoms with Gasteiger partial charge in [-0.2, -0.15) is 0 Å². The first-order valence-corrected chi connectivity index (χ1v) is 8.57. The normalized spacial score (nSPS) is 11.2. The summed E-state index contributed by atoms with van der Waals surface area (Å²) in [5, 5.41) is 12.8. The Morgan fingerprint density at radius 1 is 1.33 bits per heavy atom. The van der Waals surface area contributed by atoms with Gasteiger partial charge in [0.2, 0.25) is 0 Å². The van der Waals surface area contributed by atoms with E-state index in [9.17, 15) is 9.90 Å². The van der Waals surface area contributed by atoms with Gasteiger partial charge in [0, 0.05) is 41.5 Å². The molecule has 0 saturated heterocycles. The van der Waals surface area contributed by atoms with Crippen molar-refractivity contribution in [1.29, 1.82) is 0 Å². The summed E-state index contributed by atoms with van der Waals surface area (Å²) in [6, 6.07) is 9.10. The summed E-state index contributed by atoms with van der Waals surface area (Å²) in [6.07, 6.45) is 1.86. The molecule has 2 heterocycles. The lowest BCUT2D eigenvalue weighted by molar-refractivity contribution is 0.289. The molecule has 0 atom stereocenters. The van der Waals surface area contributed by atoms with Gasteiger partial charge in [-0.05, 0) is 36.1 Å². The van der Waals surface area contributed by atoms with Gasteiger partial charge in [0.1, 0.15) is 11.3 Å². The van der Waals surface area contributed by atoms with E-state index in [4.69, 9.17) is 4.42 Å². The highest BCUT2D eigenvalue weighted by Gasteiger charge is 2.14. The van der Waals surface area contributed by atoms with Gasteiger partial charge in [-0.25, -0.2) is 4.79 Å². The summed E-state index contributed by atoms with van der Waals surface area (Å²) in [5.41, 5.74) is 1.52. The molecule has 3 aromatic rings. The second-order valence-corrected chi connectivity index (χ2v) is 6.75. The zero-order valence-electron chi connectivity index (χ0n) is 13.5. The Morgan fingerprint density at radius 3 is 2.88 bits per heavy atom. The van der Waals surface area contributed by atoms with E-state index in [1.807, 2.05) is 12.1 Å². The molecule has 0 aliphatic heterocycles. The van der Waals surface area contributed by atoms with Gasteiger partial charge >= 0.3 is 5.63 Å². The van der Waals surface area contributed by atoms with E-state index >= 15 is 0 Å². The highest BCUT2D eigenvalue weighted by Crippen LogP contribution is 2.28. The van der Waals surface area contributed by atoms with Crippen LogP contribution in [0.15, 0.2) is 57.6 Å². The van der Waals surface area contributed by atoms with E-state index in [0.717, 1.165) is 24.0 Å². The van der Waals surface area contributed by atoms with Crippen molar-refractivity contribution < 1.29 is 9.52 Å². The summed E-state index contributed by atoms with van der Waals surface area (Å²) in [5.74, 6) is 0.129. The SMILES string of the molecule is C=CCN(Cc1cccs1)Cc1cc(=O)oc2c(C)c(O)ccc12. The van der Waals surface area contributed by atoms with E-state index in [0.29, 0.717) is 17.7 Å². The molecule has 124 valence electrons. The fraction of sp³-hybridized carbons (Fsp3) is 0.211. The van der Waals surface area contributed by atoms with Crippen LogP contribution in [0, 0.1) is 6.92 Å². The minimum Gasteiger partial charge on any atom is -0.508 e. The van der Waals surface area contributed by atoms with Crippen molar-refractivity contribution >= 4 is 22.3 Å². The maximum atomic E-state index is 11.9. The average Bonchev–Trinajstić information content (AvgIpc) is 3.04.